The van der Waals surface area contributed by atoms with Crippen molar-refractivity contribution in [3.05, 3.63) is 53.8 Å². The molecular formula is C18H21N4. The first kappa shape index (κ1) is 14.7. The topological polar surface area (TPSA) is 43.6 Å². The maximum Gasteiger partial charge on any atom is 0.251 e. The molecule has 0 fully saturated rings. The molecule has 3 aromatic rings. The Morgan fingerprint density at radius 2 is 1.95 bits per heavy atom. The van der Waals surface area contributed by atoms with Crippen molar-refractivity contribution in [2.24, 2.45) is 0 Å². The molecular weight excluding hydrogens is 272 g/mol. The molecule has 113 valence electrons. The molecule has 22 heavy (non-hydrogen) atoms. The predicted octanol–water partition coefficient (Wildman–Crippen LogP) is 3.98. The van der Waals surface area contributed by atoms with Crippen LogP contribution in [0.15, 0.2) is 30.3 Å². The molecule has 1 aromatic carbocycles. The van der Waals surface area contributed by atoms with Gasteiger partial charge in [0.05, 0.1) is 16.9 Å². The smallest absolute Gasteiger partial charge is 0.215 e. The number of nitrogens with zero attached hydrogens (tertiary/aromatic N) is 4. The normalized spacial score (nSPS) is 11.2. The summed E-state index contributed by atoms with van der Waals surface area (Å²) in [5, 5.41) is 5.65. The Labute approximate surface area is 131 Å². The minimum Gasteiger partial charge on any atom is -0.215 e. The quantitative estimate of drug-likeness (QED) is 0.668. The summed E-state index contributed by atoms with van der Waals surface area (Å²) in [6.45, 7) is 6.18. The molecule has 0 spiro atoms. The second-order valence-corrected chi connectivity index (χ2v) is 5.56. The summed E-state index contributed by atoms with van der Waals surface area (Å²) in [6, 6.07) is 10.2. The molecule has 2 aromatic heterocycles. The first-order chi connectivity index (χ1) is 10.7. The lowest BCUT2D eigenvalue weighted by Crippen LogP contribution is -2.08. The van der Waals surface area contributed by atoms with Gasteiger partial charge in [-0.2, -0.15) is 5.10 Å². The van der Waals surface area contributed by atoms with Gasteiger partial charge in [-0.3, -0.25) is 0 Å². The number of para-hydroxylation sites is 1. The molecule has 0 aliphatic heterocycles. The highest BCUT2D eigenvalue weighted by molar-refractivity contribution is 5.81. The van der Waals surface area contributed by atoms with E-state index in [9.17, 15) is 0 Å². The van der Waals surface area contributed by atoms with Gasteiger partial charge in [-0.15, -0.1) is 0 Å². The molecule has 0 aliphatic carbocycles. The number of aromatic nitrogens is 4. The Morgan fingerprint density at radius 3 is 2.68 bits per heavy atom. The Kier molecular flexibility index (Phi) is 4.18. The molecule has 0 atom stereocenters. The summed E-state index contributed by atoms with van der Waals surface area (Å²) in [6.07, 6.45) is 5.35. The molecule has 0 amide bonds. The van der Waals surface area contributed by atoms with E-state index in [2.05, 4.69) is 29.5 Å². The van der Waals surface area contributed by atoms with Gasteiger partial charge >= 0.3 is 0 Å². The van der Waals surface area contributed by atoms with Crippen LogP contribution in [0.2, 0.25) is 0 Å². The minimum absolute atomic E-state index is 0.663. The van der Waals surface area contributed by atoms with E-state index in [0.29, 0.717) is 5.95 Å². The standard InChI is InChI=1S/C18H21N4/c1-4-5-6-10-16-15-9-7-8-11-17(15)20-18(19-16)22-14(3)12-13(2)21-22/h5,7-9,11-12H,4,6,10H2,1-3H3. The molecule has 0 aliphatic rings. The summed E-state index contributed by atoms with van der Waals surface area (Å²) < 4.78 is 1.83. The van der Waals surface area contributed by atoms with E-state index in [4.69, 9.17) is 4.98 Å². The molecule has 0 saturated heterocycles. The van der Waals surface area contributed by atoms with Gasteiger partial charge in [-0.25, -0.2) is 14.6 Å². The number of hydrogen-bond donors (Lipinski definition) is 0. The largest absolute Gasteiger partial charge is 0.251 e. The van der Waals surface area contributed by atoms with E-state index in [1.807, 2.05) is 42.8 Å². The monoisotopic (exact) mass is 293 g/mol. The van der Waals surface area contributed by atoms with Gasteiger partial charge in [0.25, 0.3) is 5.95 Å². The molecule has 0 bridgehead atoms. The maximum absolute atomic E-state index is 4.79. The van der Waals surface area contributed by atoms with E-state index >= 15 is 0 Å². The van der Waals surface area contributed by atoms with Crippen LogP contribution < -0.4 is 0 Å². The predicted molar refractivity (Wildman–Crippen MR) is 89.0 cm³/mol. The molecule has 4 heteroatoms. The number of rotatable bonds is 5. The second-order valence-electron chi connectivity index (χ2n) is 5.56. The lowest BCUT2D eigenvalue weighted by Gasteiger charge is -2.09. The van der Waals surface area contributed by atoms with Crippen LogP contribution in [0.1, 0.15) is 36.8 Å². The zero-order chi connectivity index (χ0) is 15.5. The second kappa shape index (κ2) is 6.26. The van der Waals surface area contributed by atoms with Crippen molar-refractivity contribution in [1.82, 2.24) is 19.7 Å². The van der Waals surface area contributed by atoms with Crippen LogP contribution in [-0.4, -0.2) is 19.7 Å². The Balaban J connectivity index is 2.09. The molecule has 3 rings (SSSR count). The van der Waals surface area contributed by atoms with Crippen molar-refractivity contribution >= 4 is 10.9 Å². The molecule has 0 N–H and O–H groups in total. The molecule has 0 unspecified atom stereocenters. The Bertz CT molecular complexity index is 789. The van der Waals surface area contributed by atoms with Gasteiger partial charge in [0.15, 0.2) is 0 Å². The fraction of sp³-hybridized carbons (Fsp3) is 0.333. The van der Waals surface area contributed by atoms with Gasteiger partial charge in [0, 0.05) is 11.1 Å². The molecule has 1 radical (unpaired) electrons. The van der Waals surface area contributed by atoms with E-state index in [0.717, 1.165) is 47.2 Å². The highest BCUT2D eigenvalue weighted by Crippen LogP contribution is 2.20. The van der Waals surface area contributed by atoms with Crippen molar-refractivity contribution in [3.8, 4) is 5.95 Å². The van der Waals surface area contributed by atoms with E-state index in [1.54, 1.807) is 0 Å². The van der Waals surface area contributed by atoms with Crippen LogP contribution in [0.3, 0.4) is 0 Å². The van der Waals surface area contributed by atoms with Crippen LogP contribution in [-0.2, 0) is 6.42 Å². The van der Waals surface area contributed by atoms with Crippen LogP contribution in [0.5, 0.6) is 0 Å². The summed E-state index contributed by atoms with van der Waals surface area (Å²) in [7, 11) is 0. The van der Waals surface area contributed by atoms with Gasteiger partial charge in [-0.1, -0.05) is 31.5 Å². The summed E-state index contributed by atoms with van der Waals surface area (Å²) >= 11 is 0. The molecule has 0 saturated carbocycles. The number of fused-ring (bicyclic) bond motifs is 1. The number of benzene rings is 1. The number of aryl methyl sites for hydroxylation is 3. The van der Waals surface area contributed by atoms with Crippen LogP contribution in [0.25, 0.3) is 16.9 Å². The average Bonchev–Trinajstić information content (AvgIpc) is 2.86. The first-order valence-electron chi connectivity index (χ1n) is 7.80. The van der Waals surface area contributed by atoms with Crippen molar-refractivity contribution < 1.29 is 0 Å². The zero-order valence-corrected chi connectivity index (χ0v) is 13.4. The fourth-order valence-electron chi connectivity index (χ4n) is 2.69. The van der Waals surface area contributed by atoms with Crippen LogP contribution in [0, 0.1) is 20.3 Å². The van der Waals surface area contributed by atoms with Gasteiger partial charge in [-0.05, 0) is 45.2 Å². The first-order valence-corrected chi connectivity index (χ1v) is 7.80. The summed E-state index contributed by atoms with van der Waals surface area (Å²) in [5.41, 5.74) is 4.11. The molecule has 4 nitrogen and oxygen atoms in total. The highest BCUT2D eigenvalue weighted by atomic mass is 15.4. The third kappa shape index (κ3) is 2.86. The Morgan fingerprint density at radius 1 is 1.14 bits per heavy atom. The SMILES string of the molecule is CC[CH]CCc1nc(-n2nc(C)cc2C)nc2ccccc12. The molecule has 2 heterocycles. The van der Waals surface area contributed by atoms with E-state index < -0.39 is 0 Å². The van der Waals surface area contributed by atoms with Crippen molar-refractivity contribution in [3.63, 3.8) is 0 Å². The van der Waals surface area contributed by atoms with Crippen LogP contribution in [0.4, 0.5) is 0 Å². The third-order valence-corrected chi connectivity index (χ3v) is 3.74. The average molecular weight is 293 g/mol. The maximum atomic E-state index is 4.79. The fourth-order valence-corrected chi connectivity index (χ4v) is 2.69. The highest BCUT2D eigenvalue weighted by Gasteiger charge is 2.11. The summed E-state index contributed by atoms with van der Waals surface area (Å²) in [4.78, 5) is 9.47. The number of hydrogen-bond acceptors (Lipinski definition) is 3. The lowest BCUT2D eigenvalue weighted by molar-refractivity contribution is 0.762. The van der Waals surface area contributed by atoms with Gasteiger partial charge in [0.1, 0.15) is 0 Å². The number of unbranched alkanes of at least 4 members (excludes halogenated alkanes) is 2. The third-order valence-electron chi connectivity index (χ3n) is 3.74. The van der Waals surface area contributed by atoms with Crippen molar-refractivity contribution in [2.75, 3.05) is 0 Å². The summed E-state index contributed by atoms with van der Waals surface area (Å²) in [5.74, 6) is 0.663. The van der Waals surface area contributed by atoms with Crippen molar-refractivity contribution in [2.45, 2.75) is 40.0 Å². The Hall–Kier alpha value is -2.23. The van der Waals surface area contributed by atoms with Gasteiger partial charge < -0.3 is 0 Å². The van der Waals surface area contributed by atoms with E-state index in [1.165, 1.54) is 0 Å². The minimum atomic E-state index is 0.663. The van der Waals surface area contributed by atoms with Crippen LogP contribution >= 0.6 is 0 Å². The zero-order valence-electron chi connectivity index (χ0n) is 13.4. The van der Waals surface area contributed by atoms with E-state index in [-0.39, 0.29) is 0 Å². The lowest BCUT2D eigenvalue weighted by atomic mass is 10.1. The van der Waals surface area contributed by atoms with Crippen molar-refractivity contribution in [1.29, 1.82) is 0 Å². The van der Waals surface area contributed by atoms with Gasteiger partial charge in [0.2, 0.25) is 0 Å².